The van der Waals surface area contributed by atoms with Gasteiger partial charge < -0.3 is 14.2 Å². The molecule has 214 valence electrons. The van der Waals surface area contributed by atoms with E-state index in [4.69, 9.17) is 4.74 Å². The predicted molar refractivity (Wildman–Crippen MR) is 155 cm³/mol. The van der Waals surface area contributed by atoms with Crippen LogP contribution in [-0.4, -0.2) is 59.3 Å². The lowest BCUT2D eigenvalue weighted by Crippen LogP contribution is -2.44. The van der Waals surface area contributed by atoms with Gasteiger partial charge in [-0.2, -0.15) is 4.31 Å². The topological polar surface area (TPSA) is 84.7 Å². The number of hydrogen-bond donors (Lipinski definition) is 0. The molecule has 0 spiro atoms. The number of pyridine rings is 1. The molecule has 1 unspecified atom stereocenters. The van der Waals surface area contributed by atoms with Gasteiger partial charge in [-0.15, -0.1) is 0 Å². The first-order valence-electron chi connectivity index (χ1n) is 14.3. The third-order valence-corrected chi connectivity index (χ3v) is 10.6. The Bertz CT molecular complexity index is 1430. The van der Waals surface area contributed by atoms with Crippen molar-refractivity contribution in [3.05, 3.63) is 76.9 Å². The Morgan fingerprint density at radius 3 is 2.60 bits per heavy atom. The number of piperidine rings is 1. The van der Waals surface area contributed by atoms with Gasteiger partial charge in [0.25, 0.3) is 0 Å². The van der Waals surface area contributed by atoms with E-state index in [1.54, 1.807) is 29.7 Å². The second-order valence-electron chi connectivity index (χ2n) is 11.1. The summed E-state index contributed by atoms with van der Waals surface area (Å²) in [6.07, 6.45) is 9.03. The van der Waals surface area contributed by atoms with Crippen molar-refractivity contribution in [1.82, 2.24) is 18.8 Å². The summed E-state index contributed by atoms with van der Waals surface area (Å²) in [6, 6.07) is 11.8. The van der Waals surface area contributed by atoms with Gasteiger partial charge >= 0.3 is 0 Å². The number of aromatic nitrogens is 2. The van der Waals surface area contributed by atoms with E-state index in [0.717, 1.165) is 37.9 Å². The van der Waals surface area contributed by atoms with Gasteiger partial charge in [0.05, 0.1) is 18.6 Å². The number of sulfonamides is 1. The number of benzene rings is 1. The summed E-state index contributed by atoms with van der Waals surface area (Å²) in [5, 5.41) is 0. The zero-order valence-electron chi connectivity index (χ0n) is 23.8. The van der Waals surface area contributed by atoms with Gasteiger partial charge in [-0.05, 0) is 86.6 Å². The minimum absolute atomic E-state index is 0.0823. The second kappa shape index (κ2) is 12.1. The summed E-state index contributed by atoms with van der Waals surface area (Å²) >= 11 is 0. The van der Waals surface area contributed by atoms with Gasteiger partial charge in [0, 0.05) is 62.3 Å². The molecule has 5 rings (SSSR count). The van der Waals surface area contributed by atoms with Crippen LogP contribution in [0.3, 0.4) is 0 Å². The van der Waals surface area contributed by atoms with E-state index in [2.05, 4.69) is 27.8 Å². The summed E-state index contributed by atoms with van der Waals surface area (Å²) in [6.45, 7) is 6.29. The summed E-state index contributed by atoms with van der Waals surface area (Å²) in [4.78, 5) is 19.7. The highest BCUT2D eigenvalue weighted by atomic mass is 32.2. The number of hydrogen-bond acceptors (Lipinski definition) is 5. The van der Waals surface area contributed by atoms with Gasteiger partial charge in [0.15, 0.2) is 0 Å². The highest BCUT2D eigenvalue weighted by Gasteiger charge is 2.35. The Morgan fingerprint density at radius 1 is 1.07 bits per heavy atom. The third-order valence-electron chi connectivity index (χ3n) is 8.31. The first-order chi connectivity index (χ1) is 19.3. The first kappa shape index (κ1) is 28.4. The molecule has 0 bridgehead atoms. The molecule has 0 saturated carbocycles. The summed E-state index contributed by atoms with van der Waals surface area (Å²) < 4.78 is 37.0. The maximum Gasteiger partial charge on any atom is 0.243 e. The number of aryl methyl sites for hydroxylation is 2. The lowest BCUT2D eigenvalue weighted by atomic mass is 9.99. The fraction of sp³-hybridized carbons (Fsp3) is 0.484. The maximum absolute atomic E-state index is 13.8. The van der Waals surface area contributed by atoms with Gasteiger partial charge in [0.1, 0.15) is 5.75 Å². The van der Waals surface area contributed by atoms with Crippen molar-refractivity contribution in [2.75, 3.05) is 20.2 Å². The Balaban J connectivity index is 1.19. The molecule has 8 nitrogen and oxygen atoms in total. The molecule has 1 saturated heterocycles. The van der Waals surface area contributed by atoms with Crippen molar-refractivity contribution in [2.45, 2.75) is 82.8 Å². The van der Waals surface area contributed by atoms with Crippen molar-refractivity contribution in [3.63, 3.8) is 0 Å². The van der Waals surface area contributed by atoms with Crippen LogP contribution in [-0.2, 0) is 34.3 Å². The molecule has 9 heteroatoms. The number of methoxy groups -OCH3 is 1. The molecule has 1 aromatic carbocycles. The van der Waals surface area contributed by atoms with E-state index >= 15 is 0 Å². The molecule has 1 amide bonds. The fourth-order valence-electron chi connectivity index (χ4n) is 6.33. The molecule has 0 radical (unpaired) electrons. The highest BCUT2D eigenvalue weighted by molar-refractivity contribution is 7.89. The summed E-state index contributed by atoms with van der Waals surface area (Å²) in [7, 11) is -2.06. The number of nitrogens with zero attached hydrogens (tertiary/aromatic N) is 4. The van der Waals surface area contributed by atoms with E-state index in [0.29, 0.717) is 60.7 Å². The summed E-state index contributed by atoms with van der Waals surface area (Å²) in [5.74, 6) is 0.811. The van der Waals surface area contributed by atoms with Crippen LogP contribution >= 0.6 is 0 Å². The fourth-order valence-corrected chi connectivity index (χ4v) is 8.47. The minimum atomic E-state index is -3.65. The monoisotopic (exact) mass is 564 g/mol. The Labute approximate surface area is 238 Å². The van der Waals surface area contributed by atoms with E-state index in [1.165, 1.54) is 11.3 Å². The predicted octanol–water partition coefficient (Wildman–Crippen LogP) is 4.86. The molecule has 0 aliphatic carbocycles. The van der Waals surface area contributed by atoms with Gasteiger partial charge in [-0.3, -0.25) is 9.78 Å². The van der Waals surface area contributed by atoms with Gasteiger partial charge in [0.2, 0.25) is 15.9 Å². The SMILES string of the molecule is COc1cc(C)c(S(=O)(=O)N2CCCCC2CCCC(=O)N2CCn3c(Cc4cccnc4)ccc3C2)c(C)c1. The van der Waals surface area contributed by atoms with E-state index in [-0.39, 0.29) is 11.9 Å². The average molecular weight is 565 g/mol. The van der Waals surface area contributed by atoms with Crippen LogP contribution in [0, 0.1) is 13.8 Å². The largest absolute Gasteiger partial charge is 0.497 e. The molecule has 3 aromatic rings. The van der Waals surface area contributed by atoms with E-state index < -0.39 is 10.0 Å². The summed E-state index contributed by atoms with van der Waals surface area (Å²) in [5.41, 5.74) is 4.99. The number of amides is 1. The quantitative estimate of drug-likeness (QED) is 0.371. The number of rotatable bonds is 9. The number of ether oxygens (including phenoxy) is 1. The van der Waals surface area contributed by atoms with Crippen LogP contribution < -0.4 is 4.74 Å². The van der Waals surface area contributed by atoms with Crippen LogP contribution in [0.1, 0.15) is 66.6 Å². The maximum atomic E-state index is 13.8. The molecular weight excluding hydrogens is 524 g/mol. The van der Waals surface area contributed by atoms with E-state index in [1.807, 2.05) is 31.0 Å². The van der Waals surface area contributed by atoms with Gasteiger partial charge in [-0.1, -0.05) is 12.5 Å². The molecular formula is C31H40N4O4S. The van der Waals surface area contributed by atoms with Crippen LogP contribution in [0.25, 0.3) is 0 Å². The Hall–Kier alpha value is -3.17. The molecule has 2 aliphatic rings. The third kappa shape index (κ3) is 5.95. The smallest absolute Gasteiger partial charge is 0.243 e. The Kier molecular flexibility index (Phi) is 8.61. The van der Waals surface area contributed by atoms with Crippen LogP contribution in [0.5, 0.6) is 5.75 Å². The number of fused-ring (bicyclic) bond motifs is 1. The molecule has 2 aliphatic heterocycles. The first-order valence-corrected chi connectivity index (χ1v) is 15.7. The van der Waals surface area contributed by atoms with Crippen molar-refractivity contribution in [3.8, 4) is 5.75 Å². The lowest BCUT2D eigenvalue weighted by molar-refractivity contribution is -0.132. The molecule has 0 N–H and O–H groups in total. The van der Waals surface area contributed by atoms with E-state index in [9.17, 15) is 13.2 Å². The Morgan fingerprint density at radius 2 is 1.88 bits per heavy atom. The van der Waals surface area contributed by atoms with Crippen LogP contribution in [0.2, 0.25) is 0 Å². The standard InChI is InChI=1S/C31H40N4O4S/c1-23-18-29(39-3)19-24(2)31(23)40(37,38)35-15-5-4-9-26(35)10-6-11-30(36)33-16-17-34-27(12-13-28(34)22-33)20-25-8-7-14-32-21-25/h7-8,12-14,18-19,21,26H,4-6,9-11,15-17,20,22H2,1-3H3. The minimum Gasteiger partial charge on any atom is -0.497 e. The molecule has 1 atom stereocenters. The van der Waals surface area contributed by atoms with Crippen molar-refractivity contribution < 1.29 is 17.9 Å². The molecule has 40 heavy (non-hydrogen) atoms. The molecule has 1 fully saturated rings. The normalized spacial score (nSPS) is 18.0. The van der Waals surface area contributed by atoms with Crippen LogP contribution in [0.4, 0.5) is 0 Å². The van der Waals surface area contributed by atoms with Crippen LogP contribution in [0.15, 0.2) is 53.7 Å². The van der Waals surface area contributed by atoms with Crippen molar-refractivity contribution in [2.24, 2.45) is 0 Å². The average Bonchev–Trinajstić information content (AvgIpc) is 3.35. The van der Waals surface area contributed by atoms with Crippen molar-refractivity contribution >= 4 is 15.9 Å². The zero-order valence-corrected chi connectivity index (χ0v) is 24.6. The molecule has 2 aromatic heterocycles. The number of carbonyl (C=O) groups excluding carboxylic acids is 1. The van der Waals surface area contributed by atoms with Gasteiger partial charge in [-0.25, -0.2) is 8.42 Å². The zero-order chi connectivity index (χ0) is 28.3. The number of carbonyl (C=O) groups is 1. The molecule has 4 heterocycles. The second-order valence-corrected chi connectivity index (χ2v) is 12.9. The van der Waals surface area contributed by atoms with Crippen molar-refractivity contribution in [1.29, 1.82) is 0 Å². The highest BCUT2D eigenvalue weighted by Crippen LogP contribution is 2.33. The lowest BCUT2D eigenvalue weighted by Gasteiger charge is -2.36.